The summed E-state index contributed by atoms with van der Waals surface area (Å²) < 4.78 is 15.5. The summed E-state index contributed by atoms with van der Waals surface area (Å²) in [5, 5.41) is 0. The largest absolute Gasteiger partial charge is 0.488 e. The van der Waals surface area contributed by atoms with Gasteiger partial charge in [0.15, 0.2) is 11.9 Å². The third-order valence-corrected chi connectivity index (χ3v) is 2.43. The molecule has 2 aromatic heterocycles. The zero-order valence-electron chi connectivity index (χ0n) is 8.83. The van der Waals surface area contributed by atoms with Crippen molar-refractivity contribution < 1.29 is 13.6 Å². The van der Waals surface area contributed by atoms with E-state index in [1.807, 2.05) is 6.08 Å². The summed E-state index contributed by atoms with van der Waals surface area (Å²) in [6.07, 6.45) is 5.28. The molecule has 1 atom stereocenters. The molecule has 0 aliphatic carbocycles. The first-order valence-corrected chi connectivity index (χ1v) is 5.19. The number of hydrogen-bond acceptors (Lipinski definition) is 5. The lowest BCUT2D eigenvalue weighted by atomic mass is 10.2. The second-order valence-electron chi connectivity index (χ2n) is 3.61. The Morgan fingerprint density at radius 2 is 2.35 bits per heavy atom. The fourth-order valence-electron chi connectivity index (χ4n) is 1.65. The Bertz CT molecular complexity index is 589. The fraction of sp³-hybridized carbons (Fsp3) is 0.167. The van der Waals surface area contributed by atoms with Crippen LogP contribution in [0.5, 0.6) is 0 Å². The van der Waals surface area contributed by atoms with Crippen LogP contribution >= 0.6 is 0 Å². The summed E-state index contributed by atoms with van der Waals surface area (Å²) in [5.74, 6) is 0.805. The molecular formula is C12H9NO4. The molecule has 2 aromatic rings. The van der Waals surface area contributed by atoms with Gasteiger partial charge in [-0.3, -0.25) is 0 Å². The summed E-state index contributed by atoms with van der Waals surface area (Å²) in [5.41, 5.74) is -0.00588. The summed E-state index contributed by atoms with van der Waals surface area (Å²) >= 11 is 0. The van der Waals surface area contributed by atoms with Gasteiger partial charge >= 0.3 is 5.63 Å². The van der Waals surface area contributed by atoms with E-state index in [-0.39, 0.29) is 12.0 Å². The molecule has 1 aliphatic rings. The smallest absolute Gasteiger partial charge is 0.339 e. The van der Waals surface area contributed by atoms with Crippen LogP contribution in [-0.2, 0) is 4.74 Å². The minimum absolute atomic E-state index is 0.272. The van der Waals surface area contributed by atoms with Crippen molar-refractivity contribution in [1.29, 1.82) is 0 Å². The van der Waals surface area contributed by atoms with Crippen LogP contribution in [0.3, 0.4) is 0 Å². The second kappa shape index (κ2) is 3.93. The van der Waals surface area contributed by atoms with Crippen LogP contribution in [0.25, 0.3) is 11.5 Å². The Balaban J connectivity index is 2.03. The standard InChI is InChI=1S/C12H9NO4/c14-11-7-8(9-3-1-5-15-9)13-12(17-11)10-4-2-6-16-10/h1-3,5-7,10H,4H2. The van der Waals surface area contributed by atoms with Crippen molar-refractivity contribution in [3.8, 4) is 11.5 Å². The maximum Gasteiger partial charge on any atom is 0.339 e. The van der Waals surface area contributed by atoms with Crippen LogP contribution in [-0.4, -0.2) is 4.98 Å². The van der Waals surface area contributed by atoms with Crippen molar-refractivity contribution >= 4 is 0 Å². The molecule has 0 aromatic carbocycles. The zero-order chi connectivity index (χ0) is 11.7. The van der Waals surface area contributed by atoms with Gasteiger partial charge in [0.2, 0.25) is 5.89 Å². The summed E-state index contributed by atoms with van der Waals surface area (Å²) in [4.78, 5) is 15.7. The molecule has 0 spiro atoms. The maximum absolute atomic E-state index is 11.4. The monoisotopic (exact) mass is 231 g/mol. The molecule has 0 amide bonds. The predicted molar refractivity (Wildman–Crippen MR) is 58.1 cm³/mol. The minimum Gasteiger partial charge on any atom is -0.488 e. The topological polar surface area (TPSA) is 65.5 Å². The van der Waals surface area contributed by atoms with Crippen LogP contribution < -0.4 is 5.63 Å². The van der Waals surface area contributed by atoms with Gasteiger partial charge in [0.25, 0.3) is 0 Å². The number of ether oxygens (including phenoxy) is 1. The van der Waals surface area contributed by atoms with Crippen molar-refractivity contribution in [1.82, 2.24) is 4.98 Å². The fourth-order valence-corrected chi connectivity index (χ4v) is 1.65. The Kier molecular flexibility index (Phi) is 2.29. The minimum atomic E-state index is -0.461. The predicted octanol–water partition coefficient (Wildman–Crippen LogP) is 2.27. The quantitative estimate of drug-likeness (QED) is 0.793. The Morgan fingerprint density at radius 1 is 1.41 bits per heavy atom. The summed E-state index contributed by atoms with van der Waals surface area (Å²) in [6, 6.07) is 4.77. The molecule has 1 unspecified atom stereocenters. The van der Waals surface area contributed by atoms with Crippen LogP contribution in [0.1, 0.15) is 18.4 Å². The molecule has 17 heavy (non-hydrogen) atoms. The second-order valence-corrected chi connectivity index (χ2v) is 3.61. The number of rotatable bonds is 2. The van der Waals surface area contributed by atoms with Gasteiger partial charge in [-0.15, -0.1) is 0 Å². The van der Waals surface area contributed by atoms with Gasteiger partial charge in [-0.2, -0.15) is 0 Å². The number of aromatic nitrogens is 1. The lowest BCUT2D eigenvalue weighted by Gasteiger charge is -2.07. The molecule has 0 radical (unpaired) electrons. The third-order valence-electron chi connectivity index (χ3n) is 2.43. The molecule has 5 heteroatoms. The van der Waals surface area contributed by atoms with E-state index in [1.54, 1.807) is 18.4 Å². The molecule has 1 aliphatic heterocycles. The van der Waals surface area contributed by atoms with E-state index >= 15 is 0 Å². The molecule has 5 nitrogen and oxygen atoms in total. The zero-order valence-corrected chi connectivity index (χ0v) is 8.83. The first kappa shape index (κ1) is 9.89. The van der Waals surface area contributed by atoms with E-state index in [2.05, 4.69) is 4.98 Å². The highest BCUT2D eigenvalue weighted by molar-refractivity contribution is 5.50. The molecule has 0 saturated carbocycles. The first-order chi connectivity index (χ1) is 8.33. The van der Waals surface area contributed by atoms with Gasteiger partial charge in [-0.1, -0.05) is 0 Å². The maximum atomic E-state index is 11.4. The normalized spacial score (nSPS) is 18.2. The highest BCUT2D eigenvalue weighted by atomic mass is 16.5. The summed E-state index contributed by atoms with van der Waals surface area (Å²) in [7, 11) is 0. The van der Waals surface area contributed by atoms with Gasteiger partial charge in [0.05, 0.1) is 18.6 Å². The molecule has 3 heterocycles. The van der Waals surface area contributed by atoms with E-state index in [4.69, 9.17) is 13.6 Å². The average molecular weight is 231 g/mol. The highest BCUT2D eigenvalue weighted by Gasteiger charge is 2.20. The van der Waals surface area contributed by atoms with Crippen LogP contribution in [0.2, 0.25) is 0 Å². The van der Waals surface area contributed by atoms with Crippen LogP contribution in [0.15, 0.2) is 50.4 Å². The molecule has 86 valence electrons. The highest BCUT2D eigenvalue weighted by Crippen LogP contribution is 2.26. The van der Waals surface area contributed by atoms with Crippen molar-refractivity contribution in [2.45, 2.75) is 12.5 Å². The SMILES string of the molecule is O=c1cc(-c2ccco2)nc(C2CC=CO2)o1. The number of hydrogen-bond donors (Lipinski definition) is 0. The van der Waals surface area contributed by atoms with E-state index in [9.17, 15) is 4.79 Å². The molecular weight excluding hydrogens is 222 g/mol. The van der Waals surface area contributed by atoms with Gasteiger partial charge in [-0.25, -0.2) is 9.78 Å². The third kappa shape index (κ3) is 1.87. The van der Waals surface area contributed by atoms with Gasteiger partial charge < -0.3 is 13.6 Å². The summed E-state index contributed by atoms with van der Waals surface area (Å²) in [6.45, 7) is 0. The van der Waals surface area contributed by atoms with Gasteiger partial charge in [0, 0.05) is 6.42 Å². The van der Waals surface area contributed by atoms with E-state index in [0.717, 1.165) is 0 Å². The molecule has 0 N–H and O–H groups in total. The van der Waals surface area contributed by atoms with E-state index < -0.39 is 5.63 Å². The Hall–Kier alpha value is -2.30. The van der Waals surface area contributed by atoms with Crippen LogP contribution in [0, 0.1) is 0 Å². The molecule has 3 rings (SSSR count). The lowest BCUT2D eigenvalue weighted by molar-refractivity contribution is 0.136. The lowest BCUT2D eigenvalue weighted by Crippen LogP contribution is -2.08. The number of furan rings is 1. The molecule has 0 saturated heterocycles. The number of nitrogens with zero attached hydrogens (tertiary/aromatic N) is 1. The van der Waals surface area contributed by atoms with Crippen molar-refractivity contribution in [2.75, 3.05) is 0 Å². The van der Waals surface area contributed by atoms with Crippen LogP contribution in [0.4, 0.5) is 0 Å². The Morgan fingerprint density at radius 3 is 3.06 bits per heavy atom. The molecule has 0 fully saturated rings. The Labute approximate surface area is 96.3 Å². The van der Waals surface area contributed by atoms with E-state index in [0.29, 0.717) is 17.9 Å². The van der Waals surface area contributed by atoms with Gasteiger partial charge in [-0.05, 0) is 18.2 Å². The first-order valence-electron chi connectivity index (χ1n) is 5.19. The van der Waals surface area contributed by atoms with Crippen molar-refractivity contribution in [3.63, 3.8) is 0 Å². The average Bonchev–Trinajstić information content (AvgIpc) is 3.02. The van der Waals surface area contributed by atoms with Gasteiger partial charge in [0.1, 0.15) is 5.69 Å². The molecule has 0 bridgehead atoms. The van der Waals surface area contributed by atoms with E-state index in [1.165, 1.54) is 12.3 Å². The van der Waals surface area contributed by atoms with Crippen molar-refractivity contribution in [3.05, 3.63) is 53.1 Å². The van der Waals surface area contributed by atoms with Crippen molar-refractivity contribution in [2.24, 2.45) is 0 Å².